The minimum Gasteiger partial charge on any atom is -0.494 e. The van der Waals surface area contributed by atoms with Crippen LogP contribution in [0, 0.1) is 5.82 Å². The van der Waals surface area contributed by atoms with Crippen molar-refractivity contribution in [1.82, 2.24) is 0 Å². The van der Waals surface area contributed by atoms with Crippen molar-refractivity contribution >= 4 is 11.6 Å². The topological polar surface area (TPSA) is 9.23 Å². The number of benzene rings is 1. The monoisotopic (exact) mass is 244 g/mol. The summed E-state index contributed by atoms with van der Waals surface area (Å²) in [6.07, 6.45) is 3.81. The molecule has 1 atom stereocenters. The summed E-state index contributed by atoms with van der Waals surface area (Å²) < 4.78 is 18.2. The summed E-state index contributed by atoms with van der Waals surface area (Å²) in [5, 5.41) is 0.190. The van der Waals surface area contributed by atoms with E-state index in [1.54, 1.807) is 6.07 Å². The van der Waals surface area contributed by atoms with E-state index < -0.39 is 0 Å². The fraction of sp³-hybridized carbons (Fsp3) is 0.538. The van der Waals surface area contributed by atoms with Gasteiger partial charge in [-0.15, -0.1) is 11.6 Å². The van der Waals surface area contributed by atoms with Crippen molar-refractivity contribution < 1.29 is 9.13 Å². The van der Waals surface area contributed by atoms with Crippen LogP contribution in [0.25, 0.3) is 0 Å². The zero-order chi connectivity index (χ0) is 12.0. The van der Waals surface area contributed by atoms with Gasteiger partial charge in [0.15, 0.2) is 11.6 Å². The van der Waals surface area contributed by atoms with E-state index in [0.29, 0.717) is 5.75 Å². The minimum absolute atomic E-state index is 0.190. The molecule has 0 amide bonds. The lowest BCUT2D eigenvalue weighted by Crippen LogP contribution is -2.00. The van der Waals surface area contributed by atoms with E-state index in [4.69, 9.17) is 16.3 Å². The molecule has 0 aliphatic rings. The lowest BCUT2D eigenvalue weighted by Gasteiger charge is -2.08. The quantitative estimate of drug-likeness (QED) is 0.683. The fourth-order valence-corrected chi connectivity index (χ4v) is 1.97. The second-order valence-electron chi connectivity index (χ2n) is 3.89. The molecule has 0 heterocycles. The Kier molecular flexibility index (Phi) is 5.61. The highest BCUT2D eigenvalue weighted by atomic mass is 35.5. The van der Waals surface area contributed by atoms with Crippen molar-refractivity contribution in [2.24, 2.45) is 0 Å². The van der Waals surface area contributed by atoms with Gasteiger partial charge in [0.2, 0.25) is 0 Å². The van der Waals surface area contributed by atoms with Crippen molar-refractivity contribution in [1.29, 1.82) is 0 Å². The molecule has 1 unspecified atom stereocenters. The SMILES string of the molecule is CCCC(Cl)CCc1ccc(OC)c(F)c1. The molecule has 0 spiro atoms. The van der Waals surface area contributed by atoms with Gasteiger partial charge in [-0.25, -0.2) is 4.39 Å². The lowest BCUT2D eigenvalue weighted by molar-refractivity contribution is 0.386. The van der Waals surface area contributed by atoms with Crippen LogP contribution in [0.3, 0.4) is 0 Å². The van der Waals surface area contributed by atoms with E-state index in [1.807, 2.05) is 6.07 Å². The molecule has 1 aromatic carbocycles. The van der Waals surface area contributed by atoms with Gasteiger partial charge in [-0.2, -0.15) is 0 Å². The van der Waals surface area contributed by atoms with Crippen LogP contribution in [-0.2, 0) is 6.42 Å². The van der Waals surface area contributed by atoms with Gasteiger partial charge in [-0.1, -0.05) is 19.4 Å². The van der Waals surface area contributed by atoms with E-state index in [0.717, 1.165) is 31.2 Å². The molecule has 3 heteroatoms. The van der Waals surface area contributed by atoms with Gasteiger partial charge in [-0.05, 0) is 37.0 Å². The van der Waals surface area contributed by atoms with Crippen LogP contribution in [-0.4, -0.2) is 12.5 Å². The lowest BCUT2D eigenvalue weighted by atomic mass is 10.1. The maximum absolute atomic E-state index is 13.4. The summed E-state index contributed by atoms with van der Waals surface area (Å²) in [6, 6.07) is 5.07. The zero-order valence-electron chi connectivity index (χ0n) is 9.80. The third kappa shape index (κ3) is 4.01. The van der Waals surface area contributed by atoms with Crippen LogP contribution in [0.4, 0.5) is 4.39 Å². The Labute approximate surface area is 102 Å². The molecular formula is C13H18ClFO. The third-order valence-corrected chi connectivity index (χ3v) is 3.00. The smallest absolute Gasteiger partial charge is 0.165 e. The molecule has 0 bridgehead atoms. The summed E-state index contributed by atoms with van der Waals surface area (Å²) in [4.78, 5) is 0. The number of rotatable bonds is 6. The molecule has 16 heavy (non-hydrogen) atoms. The highest BCUT2D eigenvalue weighted by Crippen LogP contribution is 2.20. The van der Waals surface area contributed by atoms with Gasteiger partial charge >= 0.3 is 0 Å². The summed E-state index contributed by atoms with van der Waals surface area (Å²) in [6.45, 7) is 2.11. The average Bonchev–Trinajstić information content (AvgIpc) is 2.27. The van der Waals surface area contributed by atoms with Gasteiger partial charge in [0.25, 0.3) is 0 Å². The number of ether oxygens (including phenoxy) is 1. The van der Waals surface area contributed by atoms with Crippen LogP contribution in [0.1, 0.15) is 31.7 Å². The van der Waals surface area contributed by atoms with Gasteiger partial charge in [0.05, 0.1) is 7.11 Å². The number of hydrogen-bond acceptors (Lipinski definition) is 1. The van der Waals surface area contributed by atoms with Gasteiger partial charge in [0.1, 0.15) is 0 Å². The van der Waals surface area contributed by atoms with Crippen molar-refractivity contribution in [3.8, 4) is 5.75 Å². The highest BCUT2D eigenvalue weighted by Gasteiger charge is 2.06. The first kappa shape index (κ1) is 13.3. The Balaban J connectivity index is 2.51. The average molecular weight is 245 g/mol. The predicted octanol–water partition coefficient (Wildman–Crippen LogP) is 4.17. The van der Waals surface area contributed by atoms with E-state index in [-0.39, 0.29) is 11.2 Å². The van der Waals surface area contributed by atoms with E-state index in [2.05, 4.69) is 6.92 Å². The number of halogens is 2. The minimum atomic E-state index is -0.304. The summed E-state index contributed by atoms with van der Waals surface area (Å²) in [5.41, 5.74) is 0.972. The molecule has 1 aromatic rings. The van der Waals surface area contributed by atoms with Crippen molar-refractivity contribution in [3.63, 3.8) is 0 Å². The van der Waals surface area contributed by atoms with Crippen molar-refractivity contribution in [2.45, 2.75) is 38.0 Å². The molecule has 0 radical (unpaired) electrons. The predicted molar refractivity (Wildman–Crippen MR) is 65.8 cm³/mol. The molecule has 1 rings (SSSR count). The van der Waals surface area contributed by atoms with Crippen LogP contribution in [0.2, 0.25) is 0 Å². The van der Waals surface area contributed by atoms with Crippen LogP contribution < -0.4 is 4.74 Å². The van der Waals surface area contributed by atoms with Crippen LogP contribution in [0.5, 0.6) is 5.75 Å². The molecular weight excluding hydrogens is 227 g/mol. The third-order valence-electron chi connectivity index (χ3n) is 2.56. The van der Waals surface area contributed by atoms with Crippen LogP contribution in [0.15, 0.2) is 18.2 Å². The molecule has 1 nitrogen and oxygen atoms in total. The zero-order valence-corrected chi connectivity index (χ0v) is 10.6. The Bertz CT molecular complexity index is 328. The van der Waals surface area contributed by atoms with Gasteiger partial charge < -0.3 is 4.74 Å². The molecule has 90 valence electrons. The fourth-order valence-electron chi connectivity index (χ4n) is 1.65. The summed E-state index contributed by atoms with van der Waals surface area (Å²) in [7, 11) is 1.47. The number of alkyl halides is 1. The molecule has 0 N–H and O–H groups in total. The maximum atomic E-state index is 13.4. The van der Waals surface area contributed by atoms with Crippen molar-refractivity contribution in [3.05, 3.63) is 29.6 Å². The van der Waals surface area contributed by atoms with Gasteiger partial charge in [0, 0.05) is 5.38 Å². The summed E-state index contributed by atoms with van der Waals surface area (Å²) >= 11 is 6.11. The normalized spacial score (nSPS) is 12.5. The second-order valence-corrected chi connectivity index (χ2v) is 4.51. The second kappa shape index (κ2) is 6.74. The van der Waals surface area contributed by atoms with Gasteiger partial charge in [-0.3, -0.25) is 0 Å². The molecule has 0 aliphatic carbocycles. The Morgan fingerprint density at radius 2 is 2.12 bits per heavy atom. The number of hydrogen-bond donors (Lipinski definition) is 0. The molecule has 0 aromatic heterocycles. The summed E-state index contributed by atoms with van der Waals surface area (Å²) in [5.74, 6) is -0.0126. The van der Waals surface area contributed by atoms with E-state index in [9.17, 15) is 4.39 Å². The number of methoxy groups -OCH3 is 1. The standard InChI is InChI=1S/C13H18ClFO/c1-3-4-11(14)7-5-10-6-8-13(16-2)12(15)9-10/h6,8-9,11H,3-5,7H2,1-2H3. The molecule has 0 saturated heterocycles. The van der Waals surface area contributed by atoms with E-state index >= 15 is 0 Å². The molecule has 0 aliphatic heterocycles. The Hall–Kier alpha value is -0.760. The first-order valence-electron chi connectivity index (χ1n) is 5.63. The first-order chi connectivity index (χ1) is 7.67. The number of aryl methyl sites for hydroxylation is 1. The Morgan fingerprint density at radius 1 is 1.38 bits per heavy atom. The van der Waals surface area contributed by atoms with E-state index in [1.165, 1.54) is 13.2 Å². The molecule has 0 fully saturated rings. The first-order valence-corrected chi connectivity index (χ1v) is 6.07. The largest absolute Gasteiger partial charge is 0.494 e. The Morgan fingerprint density at radius 3 is 2.69 bits per heavy atom. The van der Waals surface area contributed by atoms with Crippen LogP contribution >= 0.6 is 11.6 Å². The highest BCUT2D eigenvalue weighted by molar-refractivity contribution is 6.20. The maximum Gasteiger partial charge on any atom is 0.165 e. The van der Waals surface area contributed by atoms with Crippen molar-refractivity contribution in [2.75, 3.05) is 7.11 Å². The molecule has 0 saturated carbocycles.